The van der Waals surface area contributed by atoms with E-state index in [0.717, 1.165) is 36.8 Å². The Hall–Kier alpha value is -3.29. The van der Waals surface area contributed by atoms with Crippen LogP contribution in [0.4, 0.5) is 0 Å². The molecule has 2 fully saturated rings. The van der Waals surface area contributed by atoms with Crippen LogP contribution in [0.1, 0.15) is 59.5 Å². The molecule has 0 bridgehead atoms. The van der Waals surface area contributed by atoms with Gasteiger partial charge < -0.3 is 14.0 Å². The molecule has 5 rings (SSSR count). The summed E-state index contributed by atoms with van der Waals surface area (Å²) >= 11 is 0. The normalized spacial score (nSPS) is 19.1. The zero-order valence-corrected chi connectivity index (χ0v) is 16.8. The number of nitrogens with zero attached hydrogens (tertiary/aromatic N) is 5. The van der Waals surface area contributed by atoms with E-state index in [1.165, 1.54) is 0 Å². The second-order valence-electron chi connectivity index (χ2n) is 8.11. The van der Waals surface area contributed by atoms with Gasteiger partial charge in [0.15, 0.2) is 0 Å². The third-order valence-corrected chi connectivity index (χ3v) is 5.90. The molecule has 1 aliphatic carbocycles. The van der Waals surface area contributed by atoms with Crippen molar-refractivity contribution in [2.45, 2.75) is 44.6 Å². The van der Waals surface area contributed by atoms with Crippen molar-refractivity contribution in [3.8, 4) is 11.4 Å². The van der Waals surface area contributed by atoms with Crippen LogP contribution in [0, 0.1) is 6.92 Å². The number of hydrogen-bond acceptors (Lipinski definition) is 6. The number of hydrogen-bond donors (Lipinski definition) is 0. The highest BCUT2D eigenvalue weighted by Crippen LogP contribution is 2.34. The van der Waals surface area contributed by atoms with Crippen molar-refractivity contribution in [3.05, 3.63) is 64.2 Å². The van der Waals surface area contributed by atoms with Gasteiger partial charge in [0.1, 0.15) is 5.56 Å². The van der Waals surface area contributed by atoms with E-state index in [-0.39, 0.29) is 29.0 Å². The first-order valence-electron chi connectivity index (χ1n) is 10.4. The van der Waals surface area contributed by atoms with Crippen molar-refractivity contribution in [2.24, 2.45) is 0 Å². The summed E-state index contributed by atoms with van der Waals surface area (Å²) in [5, 5.41) is 4.07. The monoisotopic (exact) mass is 405 g/mol. The molecule has 1 saturated carbocycles. The molecular weight excluding hydrogens is 382 g/mol. The average molecular weight is 405 g/mol. The van der Waals surface area contributed by atoms with Gasteiger partial charge in [0.05, 0.1) is 5.92 Å². The largest absolute Gasteiger partial charge is 0.339 e. The minimum atomic E-state index is -0.204. The molecule has 154 valence electrons. The number of carbonyl (C=O) groups is 1. The zero-order valence-electron chi connectivity index (χ0n) is 16.8. The SMILES string of the molecule is Cc1ccn(C2CC2)c(=O)c1C(=O)N1CCCC(c2nc(-c3cccnc3)no2)C1. The minimum Gasteiger partial charge on any atom is -0.339 e. The van der Waals surface area contributed by atoms with E-state index < -0.39 is 0 Å². The number of piperidine rings is 1. The maximum atomic E-state index is 13.3. The molecule has 0 aromatic carbocycles. The number of likely N-dealkylation sites (tertiary alicyclic amines) is 1. The van der Waals surface area contributed by atoms with Crippen LogP contribution in [0.25, 0.3) is 11.4 Å². The van der Waals surface area contributed by atoms with Crippen LogP contribution < -0.4 is 5.56 Å². The van der Waals surface area contributed by atoms with Gasteiger partial charge in [0.25, 0.3) is 11.5 Å². The lowest BCUT2D eigenvalue weighted by atomic mass is 9.97. The van der Waals surface area contributed by atoms with Crippen molar-refractivity contribution < 1.29 is 9.32 Å². The highest BCUT2D eigenvalue weighted by atomic mass is 16.5. The van der Waals surface area contributed by atoms with Gasteiger partial charge in [-0.1, -0.05) is 5.16 Å². The molecule has 2 aliphatic rings. The highest BCUT2D eigenvalue weighted by molar-refractivity contribution is 5.95. The first kappa shape index (κ1) is 18.7. The fourth-order valence-electron chi connectivity index (χ4n) is 4.08. The first-order valence-corrected chi connectivity index (χ1v) is 10.4. The van der Waals surface area contributed by atoms with E-state index in [1.54, 1.807) is 21.9 Å². The molecule has 1 saturated heterocycles. The van der Waals surface area contributed by atoms with Crippen LogP contribution in [0.3, 0.4) is 0 Å². The molecule has 8 heteroatoms. The number of pyridine rings is 2. The molecule has 0 spiro atoms. The van der Waals surface area contributed by atoms with Crippen LogP contribution in [0.5, 0.6) is 0 Å². The molecule has 1 aliphatic heterocycles. The molecule has 1 atom stereocenters. The Morgan fingerprint density at radius 3 is 2.87 bits per heavy atom. The second-order valence-corrected chi connectivity index (χ2v) is 8.11. The maximum absolute atomic E-state index is 13.3. The van der Waals surface area contributed by atoms with Gasteiger partial charge >= 0.3 is 0 Å². The number of rotatable bonds is 4. The van der Waals surface area contributed by atoms with Crippen molar-refractivity contribution in [1.29, 1.82) is 0 Å². The fraction of sp³-hybridized carbons (Fsp3) is 0.409. The van der Waals surface area contributed by atoms with Gasteiger partial charge in [-0.3, -0.25) is 14.6 Å². The van der Waals surface area contributed by atoms with Gasteiger partial charge in [-0.25, -0.2) is 0 Å². The summed E-state index contributed by atoms with van der Waals surface area (Å²) in [6.07, 6.45) is 8.87. The van der Waals surface area contributed by atoms with Crippen molar-refractivity contribution >= 4 is 5.91 Å². The quantitative estimate of drug-likeness (QED) is 0.662. The van der Waals surface area contributed by atoms with Crippen molar-refractivity contribution in [3.63, 3.8) is 0 Å². The van der Waals surface area contributed by atoms with Crippen LogP contribution in [0.15, 0.2) is 46.1 Å². The lowest BCUT2D eigenvalue weighted by Crippen LogP contribution is -2.42. The van der Waals surface area contributed by atoms with E-state index in [0.29, 0.717) is 24.8 Å². The Balaban J connectivity index is 1.37. The van der Waals surface area contributed by atoms with Gasteiger partial charge in [-0.15, -0.1) is 0 Å². The lowest BCUT2D eigenvalue weighted by Gasteiger charge is -2.31. The van der Waals surface area contributed by atoms with Crippen molar-refractivity contribution in [1.82, 2.24) is 24.6 Å². The van der Waals surface area contributed by atoms with Gasteiger partial charge in [-0.2, -0.15) is 4.98 Å². The Labute approximate surface area is 173 Å². The minimum absolute atomic E-state index is 0.0460. The smallest absolute Gasteiger partial charge is 0.263 e. The highest BCUT2D eigenvalue weighted by Gasteiger charge is 2.32. The predicted octanol–water partition coefficient (Wildman–Crippen LogP) is 2.96. The summed E-state index contributed by atoms with van der Waals surface area (Å²) in [5.41, 5.74) is 1.62. The standard InChI is InChI=1S/C22H23N5O3/c1-14-8-11-27(17-6-7-17)22(29)18(14)21(28)26-10-3-5-16(13-26)20-24-19(25-30-20)15-4-2-9-23-12-15/h2,4,8-9,11-12,16-17H,3,5-7,10,13H2,1H3. The number of carbonyl (C=O) groups excluding carboxylic acids is 1. The molecule has 4 heterocycles. The van der Waals surface area contributed by atoms with Crippen LogP contribution in [0.2, 0.25) is 0 Å². The van der Waals surface area contributed by atoms with Crippen LogP contribution in [-0.4, -0.2) is 43.6 Å². The molecule has 3 aromatic heterocycles. The van der Waals surface area contributed by atoms with E-state index in [2.05, 4.69) is 15.1 Å². The first-order chi connectivity index (χ1) is 14.6. The molecule has 3 aromatic rings. The Morgan fingerprint density at radius 2 is 2.10 bits per heavy atom. The summed E-state index contributed by atoms with van der Waals surface area (Å²) in [6.45, 7) is 2.91. The number of aromatic nitrogens is 4. The van der Waals surface area contributed by atoms with E-state index >= 15 is 0 Å². The van der Waals surface area contributed by atoms with Crippen LogP contribution in [-0.2, 0) is 0 Å². The second kappa shape index (κ2) is 7.51. The van der Waals surface area contributed by atoms with Gasteiger partial charge in [-0.05, 0) is 56.4 Å². The molecule has 1 unspecified atom stereocenters. The molecule has 1 amide bonds. The summed E-state index contributed by atoms with van der Waals surface area (Å²) in [6, 6.07) is 5.81. The third-order valence-electron chi connectivity index (χ3n) is 5.90. The van der Waals surface area contributed by atoms with E-state index in [1.807, 2.05) is 31.3 Å². The summed E-state index contributed by atoms with van der Waals surface area (Å²) in [4.78, 5) is 36.6. The molecular formula is C22H23N5O3. The third kappa shape index (κ3) is 3.42. The summed E-state index contributed by atoms with van der Waals surface area (Å²) in [7, 11) is 0. The van der Waals surface area contributed by atoms with Crippen molar-refractivity contribution in [2.75, 3.05) is 13.1 Å². The molecule has 8 nitrogen and oxygen atoms in total. The lowest BCUT2D eigenvalue weighted by molar-refractivity contribution is 0.0692. The van der Waals surface area contributed by atoms with E-state index in [4.69, 9.17) is 4.52 Å². The topological polar surface area (TPSA) is 94.1 Å². The Kier molecular flexibility index (Phi) is 4.69. The molecule has 30 heavy (non-hydrogen) atoms. The predicted molar refractivity (Wildman–Crippen MR) is 109 cm³/mol. The summed E-state index contributed by atoms with van der Waals surface area (Å²) < 4.78 is 7.21. The van der Waals surface area contributed by atoms with Gasteiger partial charge in [0, 0.05) is 43.3 Å². The Bertz CT molecular complexity index is 1130. The van der Waals surface area contributed by atoms with Crippen LogP contribution >= 0.6 is 0 Å². The molecule has 0 N–H and O–H groups in total. The number of aryl methyl sites for hydroxylation is 1. The maximum Gasteiger partial charge on any atom is 0.263 e. The number of amides is 1. The summed E-state index contributed by atoms with van der Waals surface area (Å²) in [5.74, 6) is 0.763. The fourth-order valence-corrected chi connectivity index (χ4v) is 4.08. The van der Waals surface area contributed by atoms with E-state index in [9.17, 15) is 9.59 Å². The zero-order chi connectivity index (χ0) is 20.7. The molecule has 0 radical (unpaired) electrons. The van der Waals surface area contributed by atoms with Gasteiger partial charge in [0.2, 0.25) is 11.7 Å². The Morgan fingerprint density at radius 1 is 1.23 bits per heavy atom. The average Bonchev–Trinajstić information content (AvgIpc) is 3.49.